The molecule has 0 radical (unpaired) electrons. The van der Waals surface area contributed by atoms with E-state index in [0.717, 1.165) is 136 Å². The molecule has 1 aromatic heterocycles. The summed E-state index contributed by atoms with van der Waals surface area (Å²) in [7, 11) is 0. The fraction of sp³-hybridized carbons (Fsp3) is 0.588. The molecule has 0 fully saturated rings. The maximum absolute atomic E-state index is 15.7. The van der Waals surface area contributed by atoms with Crippen molar-refractivity contribution >= 4 is 81.2 Å². The summed E-state index contributed by atoms with van der Waals surface area (Å²) in [5, 5.41) is 7.28. The van der Waals surface area contributed by atoms with Gasteiger partial charge in [0, 0.05) is 0 Å². The SMILES string of the molecule is CCCCCCCCCCC(CCCCCCCC)N1C(=O)c2ccc3c4cc(-c5ccc(C)[se]5)c5c6c(ccc(c7cc(C)c(c2c73)C1=O)c64)C(=O)N(C(CCCCCCCC)CCCCCCCCCC)C5=O. The predicted octanol–water partition coefficient (Wildman–Crippen LogP) is 19.6. The second-order valence-corrected chi connectivity index (χ2v) is 25.8. The van der Waals surface area contributed by atoms with Crippen LogP contribution in [0, 0.1) is 13.8 Å². The van der Waals surface area contributed by atoms with Gasteiger partial charge in [0.05, 0.1) is 0 Å². The fourth-order valence-electron chi connectivity index (χ4n) is 13.3. The Morgan fingerprint density at radius 3 is 1.11 bits per heavy atom. The van der Waals surface area contributed by atoms with Gasteiger partial charge in [-0.25, -0.2) is 0 Å². The van der Waals surface area contributed by atoms with Gasteiger partial charge < -0.3 is 0 Å². The van der Waals surface area contributed by atoms with Crippen LogP contribution < -0.4 is 0 Å². The monoisotopic (exact) mass is 1080 g/mol. The summed E-state index contributed by atoms with van der Waals surface area (Å²) < 4.78 is 2.46. The number of fused-ring (bicyclic) bond motifs is 2. The molecule has 75 heavy (non-hydrogen) atoms. The Morgan fingerprint density at radius 2 is 0.720 bits per heavy atom. The zero-order chi connectivity index (χ0) is 52.8. The second-order valence-electron chi connectivity index (χ2n) is 23.1. The molecule has 404 valence electrons. The van der Waals surface area contributed by atoms with E-state index >= 15 is 19.2 Å². The number of aryl methyl sites for hydroxylation is 2. The standard InChI is InChI=1S/C68H92N2O4Se/c1-7-11-15-19-23-25-29-33-36-49(35-31-27-21-17-13-9-3)69-65(71)53-42-41-52-56-46-57(58-44-39-48(6)75-58)64-63-54(43-40-51(61(56)63)55-45-47(5)59(67(69)73)62(53)60(52)55)66(72)70(68(64)74)50(37-32-28-22-18-14-10-4)38-34-30-26-24-20-16-12-8-2/h39-46,49-50H,7-38H2,1-6H3. The Balaban J connectivity index is 1.18. The van der Waals surface area contributed by atoms with E-state index in [-0.39, 0.29) is 50.2 Å². The Hall–Kier alpha value is -4.32. The maximum atomic E-state index is 15.7. The van der Waals surface area contributed by atoms with Crippen LogP contribution in [0.2, 0.25) is 0 Å². The van der Waals surface area contributed by atoms with Crippen molar-refractivity contribution in [2.24, 2.45) is 0 Å². The number of carbonyl (C=O) groups excluding carboxylic acids is 4. The molecular formula is C68H92N2O4Se. The van der Waals surface area contributed by atoms with E-state index < -0.39 is 0 Å². The normalized spacial score (nSPS) is 14.6. The van der Waals surface area contributed by atoms with Gasteiger partial charge >= 0.3 is 317 Å². The molecule has 6 nitrogen and oxygen atoms in total. The van der Waals surface area contributed by atoms with Gasteiger partial charge in [0.25, 0.3) is 0 Å². The molecule has 0 bridgehead atoms. The third-order valence-electron chi connectivity index (χ3n) is 17.4. The zero-order valence-electron chi connectivity index (χ0n) is 47.3. The molecule has 3 heterocycles. The number of hydrogen-bond acceptors (Lipinski definition) is 4. The molecule has 6 aromatic rings. The van der Waals surface area contributed by atoms with Crippen LogP contribution in [0.5, 0.6) is 0 Å². The van der Waals surface area contributed by atoms with Crippen LogP contribution in [0.15, 0.2) is 48.5 Å². The van der Waals surface area contributed by atoms with Crippen LogP contribution in [0.1, 0.15) is 285 Å². The van der Waals surface area contributed by atoms with Crippen LogP contribution in [-0.4, -0.2) is 60.0 Å². The summed E-state index contributed by atoms with van der Waals surface area (Å²) in [6.07, 6.45) is 36.9. The molecule has 2 aliphatic heterocycles. The van der Waals surface area contributed by atoms with Crippen molar-refractivity contribution < 1.29 is 19.2 Å². The summed E-state index contributed by atoms with van der Waals surface area (Å²) >= 11 is 0.0239. The number of unbranched alkanes of at least 4 members (excludes halogenated alkanes) is 24. The molecule has 7 heteroatoms. The molecule has 2 aliphatic rings. The summed E-state index contributed by atoms with van der Waals surface area (Å²) in [5.41, 5.74) is 4.34. The average Bonchev–Trinajstić information content (AvgIpc) is 3.99. The van der Waals surface area contributed by atoms with E-state index in [1.54, 1.807) is 9.80 Å². The first kappa shape index (κ1) is 56.9. The molecular weight excluding hydrogens is 988 g/mol. The summed E-state index contributed by atoms with van der Waals surface area (Å²) in [5.74, 6) is -0.625. The molecule has 0 N–H and O–H groups in total. The molecule has 0 saturated carbocycles. The third kappa shape index (κ3) is 12.7. The van der Waals surface area contributed by atoms with Crippen LogP contribution in [0.25, 0.3) is 53.1 Å². The van der Waals surface area contributed by atoms with Gasteiger partial charge in [-0.2, -0.15) is 0 Å². The minimum atomic E-state index is -0.165. The van der Waals surface area contributed by atoms with Crippen molar-refractivity contribution in [3.63, 3.8) is 0 Å². The first-order chi connectivity index (χ1) is 36.7. The Bertz CT molecular complexity index is 2890. The zero-order valence-corrected chi connectivity index (χ0v) is 49.0. The van der Waals surface area contributed by atoms with E-state index in [4.69, 9.17) is 0 Å². The number of carbonyl (C=O) groups is 4. The molecule has 8 rings (SSSR count). The van der Waals surface area contributed by atoms with Crippen LogP contribution in [0.3, 0.4) is 0 Å². The number of rotatable bonds is 35. The van der Waals surface area contributed by atoms with Crippen LogP contribution in [-0.2, 0) is 0 Å². The summed E-state index contributed by atoms with van der Waals surface area (Å²) in [4.78, 5) is 64.9. The molecule has 4 amide bonds. The number of amides is 4. The quantitative estimate of drug-likeness (QED) is 0.0131. The predicted molar refractivity (Wildman–Crippen MR) is 319 cm³/mol. The van der Waals surface area contributed by atoms with E-state index in [1.807, 2.05) is 19.1 Å². The van der Waals surface area contributed by atoms with Crippen LogP contribution >= 0.6 is 0 Å². The van der Waals surface area contributed by atoms with Crippen molar-refractivity contribution in [1.82, 2.24) is 9.80 Å². The molecule has 0 spiro atoms. The molecule has 0 saturated heterocycles. The average molecular weight is 1080 g/mol. The summed E-state index contributed by atoms with van der Waals surface area (Å²) in [6, 6.07) is 16.7. The van der Waals surface area contributed by atoms with E-state index in [1.165, 1.54) is 133 Å². The van der Waals surface area contributed by atoms with Gasteiger partial charge in [-0.15, -0.1) is 0 Å². The van der Waals surface area contributed by atoms with Crippen molar-refractivity contribution in [2.45, 2.75) is 259 Å². The van der Waals surface area contributed by atoms with Crippen LogP contribution in [0.4, 0.5) is 0 Å². The van der Waals surface area contributed by atoms with E-state index in [2.05, 4.69) is 71.0 Å². The number of nitrogens with zero attached hydrogens (tertiary/aromatic N) is 2. The minimum absolute atomic E-state index is 0.0239. The second kappa shape index (κ2) is 27.8. The van der Waals surface area contributed by atoms with Gasteiger partial charge in [-0.3, -0.25) is 0 Å². The Morgan fingerprint density at radius 1 is 0.360 bits per heavy atom. The van der Waals surface area contributed by atoms with Crippen molar-refractivity contribution in [3.05, 3.63) is 80.8 Å². The van der Waals surface area contributed by atoms with E-state index in [0.29, 0.717) is 22.3 Å². The first-order valence-corrected chi connectivity index (χ1v) is 32.4. The van der Waals surface area contributed by atoms with Crippen molar-refractivity contribution in [2.75, 3.05) is 0 Å². The van der Waals surface area contributed by atoms with Gasteiger partial charge in [0.2, 0.25) is 0 Å². The van der Waals surface area contributed by atoms with E-state index in [9.17, 15) is 0 Å². The number of imide groups is 2. The number of hydrogen-bond donors (Lipinski definition) is 0. The first-order valence-electron chi connectivity index (χ1n) is 30.7. The third-order valence-corrected chi connectivity index (χ3v) is 19.6. The molecule has 0 aliphatic carbocycles. The van der Waals surface area contributed by atoms with Crippen molar-refractivity contribution in [1.29, 1.82) is 0 Å². The van der Waals surface area contributed by atoms with Crippen molar-refractivity contribution in [3.8, 4) is 10.0 Å². The van der Waals surface area contributed by atoms with Gasteiger partial charge in [0.15, 0.2) is 0 Å². The Kier molecular flexibility index (Phi) is 21.1. The van der Waals surface area contributed by atoms with Gasteiger partial charge in [-0.05, 0) is 0 Å². The molecule has 2 unspecified atom stereocenters. The summed E-state index contributed by atoms with van der Waals surface area (Å²) in [6.45, 7) is 13.2. The Labute approximate surface area is 457 Å². The number of benzene rings is 5. The topological polar surface area (TPSA) is 74.8 Å². The van der Waals surface area contributed by atoms with Gasteiger partial charge in [-0.1, -0.05) is 143 Å². The fourth-order valence-corrected chi connectivity index (χ4v) is 15.1. The molecule has 2 atom stereocenters. The molecule has 5 aromatic carbocycles. The van der Waals surface area contributed by atoms with Gasteiger partial charge in [0.1, 0.15) is 0 Å².